The molecule has 0 saturated heterocycles. The molecule has 3 aromatic rings. The highest BCUT2D eigenvalue weighted by molar-refractivity contribution is 5.89. The summed E-state index contributed by atoms with van der Waals surface area (Å²) < 4.78 is 0. The quantitative estimate of drug-likeness (QED) is 0.452. The highest BCUT2D eigenvalue weighted by Crippen LogP contribution is 2.18. The van der Waals surface area contributed by atoms with Gasteiger partial charge in [0, 0.05) is 19.5 Å². The summed E-state index contributed by atoms with van der Waals surface area (Å²) in [6, 6.07) is 25.4. The summed E-state index contributed by atoms with van der Waals surface area (Å²) in [5.41, 5.74) is 5.25. The van der Waals surface area contributed by atoms with Gasteiger partial charge in [-0.2, -0.15) is 0 Å². The molecule has 178 valence electrons. The van der Waals surface area contributed by atoms with Crippen LogP contribution in [0, 0.1) is 19.8 Å². The van der Waals surface area contributed by atoms with E-state index in [0.29, 0.717) is 25.4 Å². The molecular weight excluding hydrogens is 420 g/mol. The summed E-state index contributed by atoms with van der Waals surface area (Å²) in [7, 11) is 0. The van der Waals surface area contributed by atoms with Crippen LogP contribution >= 0.6 is 0 Å². The molecule has 0 aliphatic rings. The lowest BCUT2D eigenvalue weighted by atomic mass is 10.00. The molecule has 0 aromatic heterocycles. The predicted octanol–water partition coefficient (Wildman–Crippen LogP) is 5.26. The van der Waals surface area contributed by atoms with Gasteiger partial charge in [-0.25, -0.2) is 0 Å². The normalized spacial score (nSPS) is 11.8. The van der Waals surface area contributed by atoms with Gasteiger partial charge in [-0.05, 0) is 42.0 Å². The summed E-state index contributed by atoms with van der Waals surface area (Å²) in [6.45, 7) is 9.16. The summed E-state index contributed by atoms with van der Waals surface area (Å²) in [5.74, 6) is 0.175. The van der Waals surface area contributed by atoms with Crippen LogP contribution in [-0.2, 0) is 29.0 Å². The minimum absolute atomic E-state index is 0.0450. The average molecular weight is 457 g/mol. The Morgan fingerprint density at radius 1 is 0.853 bits per heavy atom. The van der Waals surface area contributed by atoms with Crippen LogP contribution in [-0.4, -0.2) is 29.3 Å². The molecule has 4 nitrogen and oxygen atoms in total. The van der Waals surface area contributed by atoms with Gasteiger partial charge in [-0.3, -0.25) is 9.59 Å². The van der Waals surface area contributed by atoms with Crippen molar-refractivity contribution in [3.63, 3.8) is 0 Å². The Balaban J connectivity index is 1.97. The van der Waals surface area contributed by atoms with Crippen molar-refractivity contribution in [1.29, 1.82) is 0 Å². The van der Waals surface area contributed by atoms with Crippen molar-refractivity contribution in [2.45, 2.75) is 53.1 Å². The van der Waals surface area contributed by atoms with Gasteiger partial charge in [0.05, 0.1) is 6.42 Å². The van der Waals surface area contributed by atoms with Crippen molar-refractivity contribution in [2.75, 3.05) is 6.54 Å². The number of hydrogen-bond donors (Lipinski definition) is 1. The Morgan fingerprint density at radius 2 is 1.53 bits per heavy atom. The van der Waals surface area contributed by atoms with E-state index >= 15 is 0 Å². The summed E-state index contributed by atoms with van der Waals surface area (Å²) in [6.07, 6.45) is 0.733. The number of hydrogen-bond acceptors (Lipinski definition) is 2. The maximum atomic E-state index is 13.8. The molecule has 4 heteroatoms. The average Bonchev–Trinajstić information content (AvgIpc) is 2.82. The first-order valence-corrected chi connectivity index (χ1v) is 12.0. The third kappa shape index (κ3) is 7.31. The first-order valence-electron chi connectivity index (χ1n) is 12.0. The van der Waals surface area contributed by atoms with Gasteiger partial charge in [-0.15, -0.1) is 0 Å². The fraction of sp³-hybridized carbons (Fsp3) is 0.333. The molecule has 1 atom stereocenters. The van der Waals surface area contributed by atoms with Crippen LogP contribution < -0.4 is 5.32 Å². The van der Waals surface area contributed by atoms with Crippen LogP contribution in [0.3, 0.4) is 0 Å². The summed E-state index contributed by atoms with van der Waals surface area (Å²) in [4.78, 5) is 29.0. The maximum Gasteiger partial charge on any atom is 0.243 e. The number of nitrogens with zero attached hydrogens (tertiary/aromatic N) is 1. The highest BCUT2D eigenvalue weighted by Gasteiger charge is 2.30. The second-order valence-electron chi connectivity index (χ2n) is 9.46. The van der Waals surface area contributed by atoms with E-state index in [2.05, 4.69) is 25.2 Å². The van der Waals surface area contributed by atoms with E-state index < -0.39 is 6.04 Å². The highest BCUT2D eigenvalue weighted by atomic mass is 16.2. The molecule has 0 fully saturated rings. The van der Waals surface area contributed by atoms with Gasteiger partial charge >= 0.3 is 0 Å². The Bertz CT molecular complexity index is 1090. The van der Waals surface area contributed by atoms with Gasteiger partial charge < -0.3 is 10.2 Å². The van der Waals surface area contributed by atoms with E-state index in [4.69, 9.17) is 0 Å². The lowest BCUT2D eigenvalue weighted by molar-refractivity contribution is -0.140. The first kappa shape index (κ1) is 25.2. The molecule has 0 radical (unpaired) electrons. The maximum absolute atomic E-state index is 13.8. The predicted molar refractivity (Wildman–Crippen MR) is 138 cm³/mol. The molecule has 0 unspecified atom stereocenters. The topological polar surface area (TPSA) is 49.4 Å². The van der Waals surface area contributed by atoms with Gasteiger partial charge in [0.2, 0.25) is 11.8 Å². The lowest BCUT2D eigenvalue weighted by Gasteiger charge is -2.32. The molecule has 0 aliphatic heterocycles. The fourth-order valence-electron chi connectivity index (χ4n) is 4.06. The van der Waals surface area contributed by atoms with Crippen molar-refractivity contribution < 1.29 is 9.59 Å². The van der Waals surface area contributed by atoms with Crippen molar-refractivity contribution in [1.82, 2.24) is 10.2 Å². The number of nitrogens with one attached hydrogen (secondary N) is 1. The third-order valence-corrected chi connectivity index (χ3v) is 5.99. The van der Waals surface area contributed by atoms with Crippen LogP contribution in [0.1, 0.15) is 41.7 Å². The molecular formula is C30H36N2O2. The molecule has 1 N–H and O–H groups in total. The van der Waals surface area contributed by atoms with Crippen LogP contribution in [0.25, 0.3) is 0 Å². The van der Waals surface area contributed by atoms with E-state index in [1.54, 1.807) is 4.90 Å². The van der Waals surface area contributed by atoms with Crippen LogP contribution in [0.15, 0.2) is 78.9 Å². The SMILES string of the molecule is Cc1cccc(CN(C(=O)Cc2ccccc2C)[C@@H](Cc2ccccc2)C(=O)NCC(C)C)c1. The Hall–Kier alpha value is -3.40. The van der Waals surface area contributed by atoms with Gasteiger partial charge in [0.15, 0.2) is 0 Å². The third-order valence-electron chi connectivity index (χ3n) is 5.99. The van der Waals surface area contributed by atoms with Gasteiger partial charge in [-0.1, -0.05) is 98.3 Å². The Morgan fingerprint density at radius 3 is 2.21 bits per heavy atom. The second kappa shape index (κ2) is 12.2. The van der Waals surface area contributed by atoms with Gasteiger partial charge in [0.1, 0.15) is 6.04 Å². The molecule has 3 rings (SSSR count). The molecule has 0 aliphatic carbocycles. The van der Waals surface area contributed by atoms with E-state index in [-0.39, 0.29) is 18.2 Å². The monoisotopic (exact) mass is 456 g/mol. The zero-order valence-electron chi connectivity index (χ0n) is 20.8. The first-order chi connectivity index (χ1) is 16.3. The van der Waals surface area contributed by atoms with E-state index in [1.807, 2.05) is 86.6 Å². The molecule has 0 spiro atoms. The van der Waals surface area contributed by atoms with Crippen LogP contribution in [0.2, 0.25) is 0 Å². The zero-order chi connectivity index (χ0) is 24.5. The number of carbonyl (C=O) groups excluding carboxylic acids is 2. The largest absolute Gasteiger partial charge is 0.354 e. The molecule has 0 heterocycles. The molecule has 3 aromatic carbocycles. The number of amides is 2. The Kier molecular flexibility index (Phi) is 9.03. The van der Waals surface area contributed by atoms with Crippen LogP contribution in [0.5, 0.6) is 0 Å². The molecule has 2 amide bonds. The van der Waals surface area contributed by atoms with Gasteiger partial charge in [0.25, 0.3) is 0 Å². The van der Waals surface area contributed by atoms with Crippen molar-refractivity contribution in [3.05, 3.63) is 107 Å². The van der Waals surface area contributed by atoms with Crippen molar-refractivity contribution in [3.8, 4) is 0 Å². The number of benzene rings is 3. The molecule has 34 heavy (non-hydrogen) atoms. The number of rotatable bonds is 10. The fourth-order valence-corrected chi connectivity index (χ4v) is 4.06. The minimum atomic E-state index is -0.599. The van der Waals surface area contributed by atoms with Crippen LogP contribution in [0.4, 0.5) is 0 Å². The molecule has 0 saturated carbocycles. The zero-order valence-corrected chi connectivity index (χ0v) is 20.8. The van der Waals surface area contributed by atoms with E-state index in [1.165, 1.54) is 0 Å². The number of carbonyl (C=O) groups is 2. The van der Waals surface area contributed by atoms with E-state index in [9.17, 15) is 9.59 Å². The number of aryl methyl sites for hydroxylation is 2. The Labute approximate surface area is 204 Å². The minimum Gasteiger partial charge on any atom is -0.354 e. The smallest absolute Gasteiger partial charge is 0.243 e. The second-order valence-corrected chi connectivity index (χ2v) is 9.46. The van der Waals surface area contributed by atoms with Crippen molar-refractivity contribution >= 4 is 11.8 Å². The van der Waals surface area contributed by atoms with E-state index in [0.717, 1.165) is 27.8 Å². The van der Waals surface area contributed by atoms with Crippen molar-refractivity contribution in [2.24, 2.45) is 5.92 Å². The lowest BCUT2D eigenvalue weighted by Crippen LogP contribution is -2.51. The summed E-state index contributed by atoms with van der Waals surface area (Å²) >= 11 is 0. The standard InChI is InChI=1S/C30H36N2O2/c1-22(2)20-31-30(34)28(18-25-13-6-5-7-14-25)32(21-26-15-10-11-23(3)17-26)29(33)19-27-16-9-8-12-24(27)4/h5-17,22,28H,18-21H2,1-4H3,(H,31,34)/t28-/m0/s1. The molecule has 0 bridgehead atoms. The summed E-state index contributed by atoms with van der Waals surface area (Å²) in [5, 5.41) is 3.08.